The molecule has 0 unspecified atom stereocenters. The van der Waals surface area contributed by atoms with Crippen molar-refractivity contribution < 1.29 is 18.0 Å². The second kappa shape index (κ2) is 4.76. The first-order valence-corrected chi connectivity index (χ1v) is 5.80. The summed E-state index contributed by atoms with van der Waals surface area (Å²) in [6.45, 7) is 0. The molecule has 96 valence electrons. The zero-order valence-electron chi connectivity index (χ0n) is 9.30. The molecule has 0 radical (unpaired) electrons. The van der Waals surface area contributed by atoms with E-state index in [9.17, 15) is 18.0 Å². The topological polar surface area (TPSA) is 17.1 Å². The zero-order chi connectivity index (χ0) is 13.3. The van der Waals surface area contributed by atoms with E-state index in [1.165, 1.54) is 18.2 Å². The summed E-state index contributed by atoms with van der Waals surface area (Å²) in [5, 5.41) is 0.455. The predicted octanol–water partition coefficient (Wildman–Crippen LogP) is 4.27. The molecule has 0 N–H and O–H groups in total. The van der Waals surface area contributed by atoms with Gasteiger partial charge >= 0.3 is 6.18 Å². The van der Waals surface area contributed by atoms with Gasteiger partial charge in [0.05, 0.1) is 5.56 Å². The summed E-state index contributed by atoms with van der Waals surface area (Å²) < 4.78 is 37.2. The molecule has 0 spiro atoms. The monoisotopic (exact) mass is 274 g/mol. The molecule has 1 aromatic rings. The van der Waals surface area contributed by atoms with E-state index < -0.39 is 11.7 Å². The zero-order valence-corrected chi connectivity index (χ0v) is 10.1. The first-order valence-electron chi connectivity index (χ1n) is 5.42. The van der Waals surface area contributed by atoms with E-state index in [-0.39, 0.29) is 11.7 Å². The molecule has 1 atom stereocenters. The van der Waals surface area contributed by atoms with E-state index in [1.807, 2.05) is 0 Å². The van der Waals surface area contributed by atoms with Gasteiger partial charge in [0.1, 0.15) is 0 Å². The van der Waals surface area contributed by atoms with Gasteiger partial charge in [-0.25, -0.2) is 0 Å². The fraction of sp³-hybridized carbons (Fsp3) is 0.308. The highest BCUT2D eigenvalue weighted by atomic mass is 35.5. The van der Waals surface area contributed by atoms with Gasteiger partial charge in [-0.2, -0.15) is 13.2 Å². The summed E-state index contributed by atoms with van der Waals surface area (Å²) in [5.74, 6) is -0.214. The number of benzene rings is 1. The average molecular weight is 275 g/mol. The largest absolute Gasteiger partial charge is 0.416 e. The van der Waals surface area contributed by atoms with E-state index in [0.717, 1.165) is 12.1 Å². The molecule has 1 aromatic carbocycles. The van der Waals surface area contributed by atoms with Crippen LogP contribution in [-0.4, -0.2) is 5.78 Å². The van der Waals surface area contributed by atoms with Crippen LogP contribution in [0, 0.1) is 0 Å². The molecule has 0 saturated carbocycles. The van der Waals surface area contributed by atoms with Gasteiger partial charge in [-0.05, 0) is 36.1 Å². The minimum atomic E-state index is -4.33. The quantitative estimate of drug-likeness (QED) is 0.747. The van der Waals surface area contributed by atoms with Gasteiger partial charge in [0.15, 0.2) is 5.78 Å². The van der Waals surface area contributed by atoms with Crippen LogP contribution in [0.25, 0.3) is 0 Å². The number of hydrogen-bond donors (Lipinski definition) is 0. The lowest BCUT2D eigenvalue weighted by Crippen LogP contribution is -2.11. The molecule has 2 rings (SSSR count). The second-order valence-electron chi connectivity index (χ2n) is 4.28. The van der Waals surface area contributed by atoms with Gasteiger partial charge in [0, 0.05) is 11.5 Å². The maximum absolute atomic E-state index is 12.4. The van der Waals surface area contributed by atoms with Gasteiger partial charge < -0.3 is 0 Å². The maximum Gasteiger partial charge on any atom is 0.416 e. The molecule has 1 nitrogen and oxygen atoms in total. The predicted molar refractivity (Wildman–Crippen MR) is 62.4 cm³/mol. The Labute approximate surface area is 107 Å². The first kappa shape index (κ1) is 13.1. The highest BCUT2D eigenvalue weighted by Gasteiger charge is 2.30. The number of ketones is 1. The molecule has 0 amide bonds. The molecule has 0 aliphatic heterocycles. The van der Waals surface area contributed by atoms with Gasteiger partial charge in [-0.3, -0.25) is 4.79 Å². The molecule has 0 heterocycles. The van der Waals surface area contributed by atoms with Crippen molar-refractivity contribution in [3.8, 4) is 0 Å². The van der Waals surface area contributed by atoms with Crippen molar-refractivity contribution in [2.75, 3.05) is 0 Å². The van der Waals surface area contributed by atoms with E-state index in [1.54, 1.807) is 0 Å². The van der Waals surface area contributed by atoms with Crippen molar-refractivity contribution in [2.45, 2.75) is 24.9 Å². The summed E-state index contributed by atoms with van der Waals surface area (Å²) in [7, 11) is 0. The first-order chi connectivity index (χ1) is 8.36. The van der Waals surface area contributed by atoms with Crippen molar-refractivity contribution in [1.29, 1.82) is 0 Å². The lowest BCUT2D eigenvalue weighted by molar-refractivity contribution is -0.137. The summed E-state index contributed by atoms with van der Waals surface area (Å²) in [5.41, 5.74) is 0.0256. The molecular formula is C13H10ClF3O. The lowest BCUT2D eigenvalue weighted by atomic mass is 9.87. The Bertz CT molecular complexity index is 488. The van der Waals surface area contributed by atoms with E-state index in [2.05, 4.69) is 0 Å². The Morgan fingerprint density at radius 2 is 1.72 bits per heavy atom. The van der Waals surface area contributed by atoms with Crippen LogP contribution < -0.4 is 0 Å². The van der Waals surface area contributed by atoms with Crippen LogP contribution in [0.2, 0.25) is 0 Å². The van der Waals surface area contributed by atoms with Crippen molar-refractivity contribution in [3.05, 3.63) is 46.5 Å². The molecule has 1 aliphatic rings. The smallest absolute Gasteiger partial charge is 0.295 e. The number of halogens is 4. The molecule has 1 aliphatic carbocycles. The van der Waals surface area contributed by atoms with Crippen LogP contribution in [-0.2, 0) is 11.0 Å². The number of carbonyl (C=O) groups excluding carboxylic acids is 1. The number of rotatable bonds is 1. The highest BCUT2D eigenvalue weighted by molar-refractivity contribution is 6.31. The minimum Gasteiger partial charge on any atom is -0.295 e. The van der Waals surface area contributed by atoms with Gasteiger partial charge in [-0.15, -0.1) is 0 Å². The lowest BCUT2D eigenvalue weighted by Gasteiger charge is -2.20. The Hall–Kier alpha value is -1.29. The summed E-state index contributed by atoms with van der Waals surface area (Å²) in [6, 6.07) is 4.89. The molecule has 0 bridgehead atoms. The molecule has 5 heteroatoms. The van der Waals surface area contributed by atoms with E-state index >= 15 is 0 Å². The van der Waals surface area contributed by atoms with Crippen molar-refractivity contribution in [2.24, 2.45) is 0 Å². The maximum atomic E-state index is 12.4. The van der Waals surface area contributed by atoms with Gasteiger partial charge in [0.25, 0.3) is 0 Å². The minimum absolute atomic E-state index is 0.0869. The van der Waals surface area contributed by atoms with Crippen molar-refractivity contribution >= 4 is 17.4 Å². The Balaban J connectivity index is 2.21. The van der Waals surface area contributed by atoms with Crippen LogP contribution in [0.1, 0.15) is 29.9 Å². The van der Waals surface area contributed by atoms with Crippen LogP contribution in [0.4, 0.5) is 13.2 Å². The van der Waals surface area contributed by atoms with Crippen molar-refractivity contribution in [1.82, 2.24) is 0 Å². The van der Waals surface area contributed by atoms with Gasteiger partial charge in [0.2, 0.25) is 0 Å². The highest BCUT2D eigenvalue weighted by Crippen LogP contribution is 2.35. The molecule has 0 fully saturated rings. The SMILES string of the molecule is O=C1C=C(Cl)C[C@@H](c2ccc(C(F)(F)F)cc2)C1. The van der Waals surface area contributed by atoms with E-state index in [4.69, 9.17) is 11.6 Å². The number of hydrogen-bond acceptors (Lipinski definition) is 1. The van der Waals surface area contributed by atoms with Crippen LogP contribution in [0.15, 0.2) is 35.4 Å². The summed E-state index contributed by atoms with van der Waals surface area (Å²) >= 11 is 5.82. The van der Waals surface area contributed by atoms with Crippen LogP contribution >= 0.6 is 11.6 Å². The Kier molecular flexibility index (Phi) is 3.48. The normalized spacial score (nSPS) is 20.8. The van der Waals surface area contributed by atoms with Crippen LogP contribution in [0.5, 0.6) is 0 Å². The Morgan fingerprint density at radius 1 is 1.11 bits per heavy atom. The second-order valence-corrected chi connectivity index (χ2v) is 4.77. The molecule has 18 heavy (non-hydrogen) atoms. The van der Waals surface area contributed by atoms with Crippen molar-refractivity contribution in [3.63, 3.8) is 0 Å². The average Bonchev–Trinajstić information content (AvgIpc) is 2.27. The number of carbonyl (C=O) groups is 1. The molecular weight excluding hydrogens is 265 g/mol. The fourth-order valence-corrected chi connectivity index (χ4v) is 2.33. The number of alkyl halides is 3. The summed E-state index contributed by atoms with van der Waals surface area (Å²) in [6.07, 6.45) is -2.17. The van der Waals surface area contributed by atoms with E-state index in [0.29, 0.717) is 23.4 Å². The summed E-state index contributed by atoms with van der Waals surface area (Å²) in [4.78, 5) is 11.3. The number of allylic oxidation sites excluding steroid dienone is 2. The third kappa shape index (κ3) is 2.93. The molecule has 0 aromatic heterocycles. The molecule has 0 saturated heterocycles. The third-order valence-electron chi connectivity index (χ3n) is 2.92. The standard InChI is InChI=1S/C13H10ClF3O/c14-11-5-9(6-12(18)7-11)8-1-3-10(4-2-8)13(15,16)17/h1-4,7,9H,5-6H2/t9-/m1/s1. The Morgan fingerprint density at radius 3 is 2.22 bits per heavy atom. The van der Waals surface area contributed by atoms with Crippen LogP contribution in [0.3, 0.4) is 0 Å². The van der Waals surface area contributed by atoms with Gasteiger partial charge in [-0.1, -0.05) is 23.7 Å². The third-order valence-corrected chi connectivity index (χ3v) is 3.18. The fourth-order valence-electron chi connectivity index (χ4n) is 2.02.